The lowest BCUT2D eigenvalue weighted by atomic mass is 10.0. The summed E-state index contributed by atoms with van der Waals surface area (Å²) in [6.07, 6.45) is -5.76. The number of esters is 1. The van der Waals surface area contributed by atoms with Crippen LogP contribution >= 0.6 is 0 Å². The molecular formula is C20H25F3N2O6. The van der Waals surface area contributed by atoms with Crippen LogP contribution in [0.2, 0.25) is 0 Å². The zero-order valence-electron chi connectivity index (χ0n) is 17.8. The van der Waals surface area contributed by atoms with Gasteiger partial charge in [-0.05, 0) is 44.9 Å². The second kappa shape index (κ2) is 9.03. The van der Waals surface area contributed by atoms with Crippen LogP contribution in [0.5, 0.6) is 5.75 Å². The molecule has 0 bridgehead atoms. The van der Waals surface area contributed by atoms with Gasteiger partial charge < -0.3 is 19.5 Å². The Hall–Kier alpha value is -2.98. The summed E-state index contributed by atoms with van der Waals surface area (Å²) in [5, 5.41) is 1.91. The van der Waals surface area contributed by atoms with Crippen LogP contribution in [0.15, 0.2) is 18.2 Å². The molecule has 1 saturated heterocycles. The first-order valence-corrected chi connectivity index (χ1v) is 9.40. The number of benzene rings is 1. The number of halogens is 3. The highest BCUT2D eigenvalue weighted by Gasteiger charge is 2.44. The van der Waals surface area contributed by atoms with E-state index in [1.165, 1.54) is 31.3 Å². The molecule has 8 nitrogen and oxygen atoms in total. The van der Waals surface area contributed by atoms with E-state index in [1.54, 1.807) is 26.8 Å². The van der Waals surface area contributed by atoms with Gasteiger partial charge in [-0.1, -0.05) is 6.07 Å². The molecule has 1 aromatic carbocycles. The van der Waals surface area contributed by atoms with Crippen LogP contribution in [0, 0.1) is 0 Å². The van der Waals surface area contributed by atoms with Crippen LogP contribution in [-0.4, -0.2) is 61.5 Å². The van der Waals surface area contributed by atoms with E-state index in [2.05, 4.69) is 0 Å². The quantitative estimate of drug-likeness (QED) is 0.714. The van der Waals surface area contributed by atoms with E-state index in [-0.39, 0.29) is 24.3 Å². The molecule has 11 heteroatoms. The molecule has 2 amide bonds. The fourth-order valence-corrected chi connectivity index (χ4v) is 3.24. The highest BCUT2D eigenvalue weighted by molar-refractivity contribution is 5.92. The number of alkyl halides is 3. The van der Waals surface area contributed by atoms with Gasteiger partial charge in [-0.15, -0.1) is 0 Å². The highest BCUT2D eigenvalue weighted by atomic mass is 19.4. The summed E-state index contributed by atoms with van der Waals surface area (Å²) in [6, 6.07) is 2.83. The van der Waals surface area contributed by atoms with Crippen molar-refractivity contribution >= 4 is 18.0 Å². The zero-order valence-corrected chi connectivity index (χ0v) is 17.8. The molecule has 31 heavy (non-hydrogen) atoms. The lowest BCUT2D eigenvalue weighted by Gasteiger charge is -2.29. The third kappa shape index (κ3) is 6.02. The van der Waals surface area contributed by atoms with Crippen LogP contribution in [0.3, 0.4) is 0 Å². The topological polar surface area (TPSA) is 94.2 Å². The minimum absolute atomic E-state index is 0.0157. The molecule has 0 spiro atoms. The Bertz CT molecular complexity index is 850. The molecule has 1 aliphatic rings. The number of rotatable bonds is 4. The van der Waals surface area contributed by atoms with Crippen LogP contribution in [-0.2, 0) is 14.3 Å². The predicted molar refractivity (Wildman–Crippen MR) is 103 cm³/mol. The van der Waals surface area contributed by atoms with Gasteiger partial charge in [0.25, 0.3) is 0 Å². The van der Waals surface area contributed by atoms with Gasteiger partial charge in [-0.3, -0.25) is 9.69 Å². The second-order valence-corrected chi connectivity index (χ2v) is 8.00. The molecule has 0 aliphatic carbocycles. The average molecular weight is 446 g/mol. The van der Waals surface area contributed by atoms with E-state index in [9.17, 15) is 27.6 Å². The lowest BCUT2D eigenvalue weighted by Crippen LogP contribution is -2.45. The van der Waals surface area contributed by atoms with Crippen molar-refractivity contribution in [2.75, 3.05) is 20.8 Å². The molecule has 1 aliphatic heterocycles. The summed E-state index contributed by atoms with van der Waals surface area (Å²) >= 11 is 0. The van der Waals surface area contributed by atoms with E-state index >= 15 is 0 Å². The smallest absolute Gasteiger partial charge is 0.471 e. The molecule has 0 aromatic heterocycles. The van der Waals surface area contributed by atoms with Crippen LogP contribution < -0.4 is 10.1 Å². The fraction of sp³-hybridized carbons (Fsp3) is 0.550. The first kappa shape index (κ1) is 24.3. The first-order chi connectivity index (χ1) is 14.3. The third-order valence-electron chi connectivity index (χ3n) is 4.54. The average Bonchev–Trinajstić information content (AvgIpc) is 3.08. The normalized spacial score (nSPS) is 19.0. The number of nitrogens with one attached hydrogen (secondary N) is 1. The molecule has 2 rings (SSSR count). The predicted octanol–water partition coefficient (Wildman–Crippen LogP) is 3.21. The maximum absolute atomic E-state index is 12.7. The Morgan fingerprint density at radius 3 is 2.29 bits per heavy atom. The minimum atomic E-state index is -5.04. The number of ether oxygens (including phenoxy) is 3. The van der Waals surface area contributed by atoms with Crippen LogP contribution in [0.4, 0.5) is 18.0 Å². The van der Waals surface area contributed by atoms with Gasteiger partial charge in [-0.25, -0.2) is 9.59 Å². The summed E-state index contributed by atoms with van der Waals surface area (Å²) in [7, 11) is 2.56. The minimum Gasteiger partial charge on any atom is -0.496 e. The van der Waals surface area contributed by atoms with Crippen molar-refractivity contribution in [1.29, 1.82) is 0 Å². The summed E-state index contributed by atoms with van der Waals surface area (Å²) in [5.74, 6) is -2.54. The van der Waals surface area contributed by atoms with Gasteiger partial charge in [0.2, 0.25) is 0 Å². The van der Waals surface area contributed by atoms with Crippen molar-refractivity contribution in [3.63, 3.8) is 0 Å². The summed E-state index contributed by atoms with van der Waals surface area (Å²) in [6.45, 7) is 4.80. The molecule has 172 valence electrons. The van der Waals surface area contributed by atoms with Crippen molar-refractivity contribution in [3.05, 3.63) is 29.3 Å². The molecule has 0 saturated carbocycles. The lowest BCUT2D eigenvalue weighted by molar-refractivity contribution is -0.174. The summed E-state index contributed by atoms with van der Waals surface area (Å²) < 4.78 is 53.3. The van der Waals surface area contributed by atoms with E-state index in [0.29, 0.717) is 5.56 Å². The van der Waals surface area contributed by atoms with Crippen molar-refractivity contribution in [1.82, 2.24) is 10.2 Å². The molecule has 0 radical (unpaired) electrons. The zero-order chi connectivity index (χ0) is 23.6. The number of methoxy groups -OCH3 is 2. The van der Waals surface area contributed by atoms with Crippen LogP contribution in [0.25, 0.3) is 0 Å². The second-order valence-electron chi connectivity index (χ2n) is 8.00. The number of likely N-dealkylation sites (tertiary alicyclic amines) is 1. The Labute approximate surface area is 177 Å². The van der Waals surface area contributed by atoms with E-state index in [4.69, 9.17) is 14.2 Å². The standard InChI is InChI=1S/C20H25F3N2O6/c1-19(2,3)31-18(28)25-10-12(24-17(27)20(21,22)23)9-14(25)11-6-7-13(16(26)30-5)15(8-11)29-4/h6-8,12,14H,9-10H2,1-5H3,(H,24,27)/t12-,14+/m1/s1. The number of carbonyl (C=O) groups is 3. The number of amides is 2. The Balaban J connectivity index is 2.37. The SMILES string of the molecule is COC(=O)c1ccc([C@@H]2C[C@@H](NC(=O)C(F)(F)F)CN2C(=O)OC(C)(C)C)cc1OC. The third-order valence-corrected chi connectivity index (χ3v) is 4.54. The highest BCUT2D eigenvalue weighted by Crippen LogP contribution is 2.36. The molecule has 0 unspecified atom stereocenters. The fourth-order valence-electron chi connectivity index (χ4n) is 3.24. The molecule has 1 aromatic rings. The maximum atomic E-state index is 12.7. The molecule has 2 atom stereocenters. The Morgan fingerprint density at radius 2 is 1.77 bits per heavy atom. The van der Waals surface area contributed by atoms with Crippen molar-refractivity contribution in [2.45, 2.75) is 51.1 Å². The van der Waals surface area contributed by atoms with Gasteiger partial charge in [-0.2, -0.15) is 13.2 Å². The monoisotopic (exact) mass is 446 g/mol. The number of hydrogen-bond acceptors (Lipinski definition) is 6. The van der Waals surface area contributed by atoms with Crippen molar-refractivity contribution in [2.24, 2.45) is 0 Å². The molecular weight excluding hydrogens is 421 g/mol. The Morgan fingerprint density at radius 1 is 1.13 bits per heavy atom. The van der Waals surface area contributed by atoms with Gasteiger partial charge in [0, 0.05) is 12.6 Å². The van der Waals surface area contributed by atoms with Gasteiger partial charge in [0.1, 0.15) is 16.9 Å². The molecule has 1 heterocycles. The molecule has 1 fully saturated rings. The van der Waals surface area contributed by atoms with Crippen molar-refractivity contribution in [3.8, 4) is 5.75 Å². The summed E-state index contributed by atoms with van der Waals surface area (Å²) in [5.41, 5.74) is -0.182. The maximum Gasteiger partial charge on any atom is 0.471 e. The Kier molecular flexibility index (Phi) is 7.07. The van der Waals surface area contributed by atoms with Gasteiger partial charge in [0.05, 0.1) is 20.3 Å². The van der Waals surface area contributed by atoms with Gasteiger partial charge in [0.15, 0.2) is 0 Å². The number of nitrogens with zero attached hydrogens (tertiary/aromatic N) is 1. The van der Waals surface area contributed by atoms with Crippen LogP contribution in [0.1, 0.15) is 49.2 Å². The number of hydrogen-bond donors (Lipinski definition) is 1. The summed E-state index contributed by atoms with van der Waals surface area (Å²) in [4.78, 5) is 37.2. The van der Waals surface area contributed by atoms with E-state index in [1.807, 2.05) is 5.32 Å². The van der Waals surface area contributed by atoms with Crippen molar-refractivity contribution < 1.29 is 41.8 Å². The van der Waals surface area contributed by atoms with E-state index in [0.717, 1.165) is 0 Å². The number of carbonyl (C=O) groups excluding carboxylic acids is 3. The van der Waals surface area contributed by atoms with Gasteiger partial charge >= 0.3 is 24.1 Å². The molecule has 1 N–H and O–H groups in total. The largest absolute Gasteiger partial charge is 0.496 e. The van der Waals surface area contributed by atoms with E-state index < -0.39 is 41.8 Å². The first-order valence-electron chi connectivity index (χ1n) is 9.40.